The van der Waals surface area contributed by atoms with Crippen LogP contribution in [0.1, 0.15) is 5.56 Å². The van der Waals surface area contributed by atoms with Crippen LogP contribution in [0.5, 0.6) is 11.5 Å². The lowest BCUT2D eigenvalue weighted by molar-refractivity contribution is -0.275. The SMILES string of the molecule is Cc1ccccc1-c1ccc(OC(F)(F)F)c(OCCN)c1. The smallest absolute Gasteiger partial charge is 0.488 e. The van der Waals surface area contributed by atoms with Crippen LogP contribution in [-0.4, -0.2) is 19.5 Å². The van der Waals surface area contributed by atoms with E-state index in [0.717, 1.165) is 16.7 Å². The number of ether oxygens (including phenoxy) is 2. The third-order valence-electron chi connectivity index (χ3n) is 3.00. The Morgan fingerprint density at radius 3 is 2.41 bits per heavy atom. The quantitative estimate of drug-likeness (QED) is 0.911. The van der Waals surface area contributed by atoms with Crippen LogP contribution in [0.3, 0.4) is 0 Å². The molecule has 0 saturated heterocycles. The fourth-order valence-corrected chi connectivity index (χ4v) is 2.06. The van der Waals surface area contributed by atoms with Gasteiger partial charge in [0.2, 0.25) is 0 Å². The summed E-state index contributed by atoms with van der Waals surface area (Å²) < 4.78 is 46.6. The Balaban J connectivity index is 2.40. The van der Waals surface area contributed by atoms with Crippen LogP contribution in [0, 0.1) is 6.92 Å². The molecule has 0 aliphatic rings. The van der Waals surface area contributed by atoms with Gasteiger partial charge in [-0.15, -0.1) is 13.2 Å². The minimum atomic E-state index is -4.77. The molecule has 0 amide bonds. The first-order valence-electron chi connectivity index (χ1n) is 6.69. The van der Waals surface area contributed by atoms with Crippen molar-refractivity contribution in [3.63, 3.8) is 0 Å². The molecule has 0 unspecified atom stereocenters. The van der Waals surface area contributed by atoms with Crippen molar-refractivity contribution < 1.29 is 22.6 Å². The average Bonchev–Trinajstić information content (AvgIpc) is 2.45. The molecule has 0 saturated carbocycles. The summed E-state index contributed by atoms with van der Waals surface area (Å²) in [5.41, 5.74) is 8.01. The highest BCUT2D eigenvalue weighted by Gasteiger charge is 2.32. The Bertz CT molecular complexity index is 642. The molecule has 0 aliphatic carbocycles. The molecule has 0 radical (unpaired) electrons. The van der Waals surface area contributed by atoms with E-state index >= 15 is 0 Å². The summed E-state index contributed by atoms with van der Waals surface area (Å²) in [6.07, 6.45) is -4.77. The summed E-state index contributed by atoms with van der Waals surface area (Å²) in [6.45, 7) is 2.22. The van der Waals surface area contributed by atoms with Gasteiger partial charge < -0.3 is 15.2 Å². The third kappa shape index (κ3) is 4.14. The van der Waals surface area contributed by atoms with Gasteiger partial charge in [0.1, 0.15) is 6.61 Å². The van der Waals surface area contributed by atoms with E-state index in [9.17, 15) is 13.2 Å². The Morgan fingerprint density at radius 1 is 1.05 bits per heavy atom. The van der Waals surface area contributed by atoms with Gasteiger partial charge in [-0.2, -0.15) is 0 Å². The number of hydrogen-bond acceptors (Lipinski definition) is 3. The zero-order valence-electron chi connectivity index (χ0n) is 12.0. The number of halogens is 3. The predicted octanol–water partition coefficient (Wildman–Crippen LogP) is 3.90. The number of nitrogens with two attached hydrogens (primary N) is 1. The molecule has 0 aliphatic heterocycles. The molecule has 6 heteroatoms. The molecule has 0 spiro atoms. The largest absolute Gasteiger partial charge is 0.573 e. The minimum Gasteiger partial charge on any atom is -0.488 e. The molecule has 0 atom stereocenters. The number of rotatable bonds is 5. The minimum absolute atomic E-state index is 0.0172. The van der Waals surface area contributed by atoms with Gasteiger partial charge in [0.25, 0.3) is 0 Å². The monoisotopic (exact) mass is 311 g/mol. The molecule has 0 heterocycles. The Labute approximate surface area is 126 Å². The van der Waals surface area contributed by atoms with Crippen LogP contribution in [0.2, 0.25) is 0 Å². The molecular formula is C16H16F3NO2. The predicted molar refractivity (Wildman–Crippen MR) is 77.8 cm³/mol. The third-order valence-corrected chi connectivity index (χ3v) is 3.00. The lowest BCUT2D eigenvalue weighted by atomic mass is 10.0. The second-order valence-corrected chi connectivity index (χ2v) is 4.66. The van der Waals surface area contributed by atoms with Crippen molar-refractivity contribution in [2.24, 2.45) is 5.73 Å². The van der Waals surface area contributed by atoms with Crippen molar-refractivity contribution in [3.8, 4) is 22.6 Å². The summed E-state index contributed by atoms with van der Waals surface area (Å²) in [7, 11) is 0. The first kappa shape index (κ1) is 16.2. The van der Waals surface area contributed by atoms with E-state index in [1.807, 2.05) is 31.2 Å². The molecule has 0 aromatic heterocycles. The highest BCUT2D eigenvalue weighted by Crippen LogP contribution is 2.36. The van der Waals surface area contributed by atoms with Crippen LogP contribution >= 0.6 is 0 Å². The lowest BCUT2D eigenvalue weighted by Crippen LogP contribution is -2.18. The van der Waals surface area contributed by atoms with Crippen molar-refractivity contribution >= 4 is 0 Å². The molecule has 2 aromatic carbocycles. The Morgan fingerprint density at radius 2 is 1.77 bits per heavy atom. The first-order chi connectivity index (χ1) is 10.4. The second kappa shape index (κ2) is 6.70. The maximum absolute atomic E-state index is 12.4. The zero-order valence-corrected chi connectivity index (χ0v) is 12.0. The molecule has 0 fully saturated rings. The summed E-state index contributed by atoms with van der Waals surface area (Å²) in [5, 5.41) is 0. The van der Waals surface area contributed by atoms with Gasteiger partial charge in [0, 0.05) is 6.54 Å². The van der Waals surface area contributed by atoms with Gasteiger partial charge in [0.15, 0.2) is 11.5 Å². The molecule has 22 heavy (non-hydrogen) atoms. The maximum Gasteiger partial charge on any atom is 0.573 e. The molecule has 2 N–H and O–H groups in total. The normalized spacial score (nSPS) is 11.3. The molecule has 2 aromatic rings. The van der Waals surface area contributed by atoms with Gasteiger partial charge in [-0.1, -0.05) is 30.3 Å². The summed E-state index contributed by atoms with van der Waals surface area (Å²) in [5.74, 6) is -0.359. The number of benzene rings is 2. The van der Waals surface area contributed by atoms with Crippen LogP contribution < -0.4 is 15.2 Å². The van der Waals surface area contributed by atoms with E-state index < -0.39 is 6.36 Å². The van der Waals surface area contributed by atoms with Gasteiger partial charge in [-0.05, 0) is 35.7 Å². The zero-order chi connectivity index (χ0) is 16.2. The van der Waals surface area contributed by atoms with Gasteiger partial charge in [0.05, 0.1) is 0 Å². The average molecular weight is 311 g/mol. The maximum atomic E-state index is 12.4. The summed E-state index contributed by atoms with van der Waals surface area (Å²) in [4.78, 5) is 0. The van der Waals surface area contributed by atoms with Crippen molar-refractivity contribution in [3.05, 3.63) is 48.0 Å². The highest BCUT2D eigenvalue weighted by atomic mass is 19.4. The number of aryl methyl sites for hydroxylation is 1. The summed E-state index contributed by atoms with van der Waals surface area (Å²) in [6, 6.07) is 11.9. The van der Waals surface area contributed by atoms with E-state index in [-0.39, 0.29) is 24.7 Å². The fourth-order valence-electron chi connectivity index (χ4n) is 2.06. The molecular weight excluding hydrogens is 295 g/mol. The second-order valence-electron chi connectivity index (χ2n) is 4.66. The van der Waals surface area contributed by atoms with Crippen LogP contribution in [0.25, 0.3) is 11.1 Å². The number of hydrogen-bond donors (Lipinski definition) is 1. The van der Waals surface area contributed by atoms with E-state index in [2.05, 4.69) is 4.74 Å². The van der Waals surface area contributed by atoms with Crippen LogP contribution in [-0.2, 0) is 0 Å². The number of alkyl halides is 3. The molecule has 2 rings (SSSR count). The standard InChI is InChI=1S/C16H16F3NO2/c1-11-4-2-3-5-13(11)12-6-7-14(22-16(17,18)19)15(10-12)21-9-8-20/h2-7,10H,8-9,20H2,1H3. The first-order valence-corrected chi connectivity index (χ1v) is 6.69. The topological polar surface area (TPSA) is 44.5 Å². The van der Waals surface area contributed by atoms with Crippen molar-refractivity contribution in [1.29, 1.82) is 0 Å². The Kier molecular flexibility index (Phi) is 4.92. The van der Waals surface area contributed by atoms with Gasteiger partial charge >= 0.3 is 6.36 Å². The highest BCUT2D eigenvalue weighted by molar-refractivity contribution is 5.70. The van der Waals surface area contributed by atoms with Crippen molar-refractivity contribution in [2.45, 2.75) is 13.3 Å². The van der Waals surface area contributed by atoms with Gasteiger partial charge in [-0.25, -0.2) is 0 Å². The van der Waals surface area contributed by atoms with Crippen LogP contribution in [0.4, 0.5) is 13.2 Å². The van der Waals surface area contributed by atoms with E-state index in [0.29, 0.717) is 0 Å². The van der Waals surface area contributed by atoms with Gasteiger partial charge in [-0.3, -0.25) is 0 Å². The Hall–Kier alpha value is -2.21. The lowest BCUT2D eigenvalue weighted by Gasteiger charge is -2.15. The molecule has 3 nitrogen and oxygen atoms in total. The molecule has 118 valence electrons. The van der Waals surface area contributed by atoms with Crippen molar-refractivity contribution in [2.75, 3.05) is 13.2 Å². The van der Waals surface area contributed by atoms with Crippen molar-refractivity contribution in [1.82, 2.24) is 0 Å². The van der Waals surface area contributed by atoms with Crippen LogP contribution in [0.15, 0.2) is 42.5 Å². The van der Waals surface area contributed by atoms with E-state index in [1.54, 1.807) is 6.07 Å². The van der Waals surface area contributed by atoms with E-state index in [4.69, 9.17) is 10.5 Å². The fraction of sp³-hybridized carbons (Fsp3) is 0.250. The summed E-state index contributed by atoms with van der Waals surface area (Å²) >= 11 is 0. The van der Waals surface area contributed by atoms with E-state index in [1.165, 1.54) is 12.1 Å². The molecule has 0 bridgehead atoms.